The Morgan fingerprint density at radius 1 is 0.425 bits per heavy atom. The van der Waals surface area contributed by atoms with Crippen molar-refractivity contribution in [3.05, 3.63) is 0 Å². The van der Waals surface area contributed by atoms with Gasteiger partial charge in [-0.2, -0.15) is 0 Å². The molecule has 0 spiro atoms. The van der Waals surface area contributed by atoms with E-state index in [0.717, 1.165) is 25.7 Å². The van der Waals surface area contributed by atoms with E-state index < -0.39 is 18.7 Å². The first-order valence-electron chi connectivity index (χ1n) is 17.9. The largest absolute Gasteiger partial charge is 0.394 e. The lowest BCUT2D eigenvalue weighted by atomic mass is 10.0. The molecule has 0 rings (SSSR count). The molecule has 0 fully saturated rings. The van der Waals surface area contributed by atoms with E-state index in [4.69, 9.17) is 9.47 Å². The highest BCUT2D eigenvalue weighted by molar-refractivity contribution is 4.58. The van der Waals surface area contributed by atoms with E-state index in [-0.39, 0.29) is 13.2 Å². The number of unbranched alkanes of at least 4 members (excludes halogenated alkanes) is 24. The Morgan fingerprint density at radius 3 is 1.05 bits per heavy atom. The van der Waals surface area contributed by atoms with Crippen molar-refractivity contribution in [3.63, 3.8) is 0 Å². The lowest BCUT2D eigenvalue weighted by molar-refractivity contribution is -0.191. The number of hydrogen-bond acceptors (Lipinski definition) is 5. The molecule has 0 saturated heterocycles. The zero-order valence-corrected chi connectivity index (χ0v) is 27.1. The number of aliphatic hydroxyl groups is 3. The summed E-state index contributed by atoms with van der Waals surface area (Å²) in [5.74, 6) is 0. The third-order valence-electron chi connectivity index (χ3n) is 8.14. The Balaban J connectivity index is 3.51. The summed E-state index contributed by atoms with van der Waals surface area (Å²) in [5, 5.41) is 29.9. The summed E-state index contributed by atoms with van der Waals surface area (Å²) in [6.45, 7) is 4.42. The predicted octanol–water partition coefficient (Wildman–Crippen LogP) is 9.98. The first-order chi connectivity index (χ1) is 19.6. The summed E-state index contributed by atoms with van der Waals surface area (Å²) < 4.78 is 11.0. The second kappa shape index (κ2) is 33.3. The standard InChI is InChI=1S/C35H72O5/c1-3-5-7-9-11-13-15-17-19-21-23-25-27-29-34(37)39-32-33(31-36)40-35(38)30-28-26-24-22-20-18-16-14-12-10-8-6-4-2/h33-38H,3-32H2,1-2H3. The van der Waals surface area contributed by atoms with Crippen molar-refractivity contribution < 1.29 is 24.8 Å². The summed E-state index contributed by atoms with van der Waals surface area (Å²) in [4.78, 5) is 0. The fraction of sp³-hybridized carbons (Fsp3) is 1.00. The van der Waals surface area contributed by atoms with Crippen LogP contribution in [0.2, 0.25) is 0 Å². The molecule has 0 saturated carbocycles. The fourth-order valence-corrected chi connectivity index (χ4v) is 5.40. The molecule has 0 aromatic rings. The van der Waals surface area contributed by atoms with Gasteiger partial charge in [0.05, 0.1) is 13.2 Å². The molecule has 0 bridgehead atoms. The van der Waals surface area contributed by atoms with Gasteiger partial charge in [0.2, 0.25) is 0 Å². The van der Waals surface area contributed by atoms with Crippen molar-refractivity contribution in [2.45, 2.75) is 212 Å². The highest BCUT2D eigenvalue weighted by Gasteiger charge is 2.16. The van der Waals surface area contributed by atoms with E-state index >= 15 is 0 Å². The number of hydrogen-bond donors (Lipinski definition) is 3. The van der Waals surface area contributed by atoms with Crippen LogP contribution in [-0.2, 0) is 9.47 Å². The minimum Gasteiger partial charge on any atom is -0.394 e. The molecule has 0 radical (unpaired) electrons. The normalized spacial score (nSPS) is 14.0. The third-order valence-corrected chi connectivity index (χ3v) is 8.14. The SMILES string of the molecule is CCCCCCCCCCCCCCCC(O)OCC(CO)OC(O)CCCCCCCCCCCCCCC. The van der Waals surface area contributed by atoms with E-state index in [9.17, 15) is 15.3 Å². The summed E-state index contributed by atoms with van der Waals surface area (Å²) in [5.41, 5.74) is 0. The average molecular weight is 573 g/mol. The van der Waals surface area contributed by atoms with Crippen LogP contribution in [0.4, 0.5) is 0 Å². The molecule has 0 heterocycles. The Hall–Kier alpha value is -0.200. The van der Waals surface area contributed by atoms with Crippen LogP contribution >= 0.6 is 0 Å². The molecule has 0 aromatic carbocycles. The monoisotopic (exact) mass is 573 g/mol. The summed E-state index contributed by atoms with van der Waals surface area (Å²) in [7, 11) is 0. The van der Waals surface area contributed by atoms with Crippen molar-refractivity contribution in [2.24, 2.45) is 0 Å². The lowest BCUT2D eigenvalue weighted by Gasteiger charge is -2.21. The van der Waals surface area contributed by atoms with Gasteiger partial charge < -0.3 is 24.8 Å². The first kappa shape index (κ1) is 39.8. The zero-order chi connectivity index (χ0) is 29.4. The number of rotatable bonds is 34. The molecule has 0 aliphatic rings. The van der Waals surface area contributed by atoms with Gasteiger partial charge in [-0.1, -0.05) is 168 Å². The van der Waals surface area contributed by atoms with Gasteiger partial charge in [-0.3, -0.25) is 0 Å². The van der Waals surface area contributed by atoms with Gasteiger partial charge in [-0.15, -0.1) is 0 Å². The van der Waals surface area contributed by atoms with Crippen LogP contribution in [0.3, 0.4) is 0 Å². The van der Waals surface area contributed by atoms with E-state index in [1.54, 1.807) is 0 Å². The maximum absolute atomic E-state index is 10.2. The summed E-state index contributed by atoms with van der Waals surface area (Å²) in [6, 6.07) is 0. The smallest absolute Gasteiger partial charge is 0.155 e. The van der Waals surface area contributed by atoms with Crippen LogP contribution in [0.15, 0.2) is 0 Å². The van der Waals surface area contributed by atoms with Crippen LogP contribution in [0, 0.1) is 0 Å². The molecule has 0 aliphatic heterocycles. The van der Waals surface area contributed by atoms with E-state index in [1.807, 2.05) is 0 Å². The second-order valence-electron chi connectivity index (χ2n) is 12.2. The summed E-state index contributed by atoms with van der Waals surface area (Å²) in [6.07, 6.45) is 32.7. The molecule has 242 valence electrons. The third kappa shape index (κ3) is 30.8. The topological polar surface area (TPSA) is 79.2 Å². The molecule has 3 N–H and O–H groups in total. The number of aliphatic hydroxyl groups excluding tert-OH is 3. The maximum atomic E-state index is 10.2. The van der Waals surface area contributed by atoms with Crippen LogP contribution < -0.4 is 0 Å². The average Bonchev–Trinajstić information content (AvgIpc) is 2.96. The lowest BCUT2D eigenvalue weighted by Crippen LogP contribution is -2.31. The summed E-state index contributed by atoms with van der Waals surface area (Å²) >= 11 is 0. The molecular weight excluding hydrogens is 500 g/mol. The highest BCUT2D eigenvalue weighted by Crippen LogP contribution is 2.16. The Labute approximate surface area is 250 Å². The first-order valence-corrected chi connectivity index (χ1v) is 17.9. The van der Waals surface area contributed by atoms with Gasteiger partial charge in [0, 0.05) is 0 Å². The molecule has 0 aromatic heterocycles. The van der Waals surface area contributed by atoms with Crippen LogP contribution in [0.5, 0.6) is 0 Å². The van der Waals surface area contributed by atoms with Crippen molar-refractivity contribution in [2.75, 3.05) is 13.2 Å². The van der Waals surface area contributed by atoms with Gasteiger partial charge in [-0.25, -0.2) is 0 Å². The second-order valence-corrected chi connectivity index (χ2v) is 12.2. The minimum atomic E-state index is -0.883. The van der Waals surface area contributed by atoms with Gasteiger partial charge >= 0.3 is 0 Å². The van der Waals surface area contributed by atoms with Gasteiger partial charge in [0.15, 0.2) is 12.6 Å². The van der Waals surface area contributed by atoms with Crippen molar-refractivity contribution in [1.29, 1.82) is 0 Å². The number of ether oxygens (including phenoxy) is 2. The molecule has 3 atom stereocenters. The van der Waals surface area contributed by atoms with Crippen molar-refractivity contribution in [1.82, 2.24) is 0 Å². The van der Waals surface area contributed by atoms with Crippen molar-refractivity contribution >= 4 is 0 Å². The molecule has 40 heavy (non-hydrogen) atoms. The Morgan fingerprint density at radius 2 is 0.725 bits per heavy atom. The van der Waals surface area contributed by atoms with E-state index in [2.05, 4.69) is 13.8 Å². The molecule has 0 amide bonds. The van der Waals surface area contributed by atoms with Crippen LogP contribution in [0.1, 0.15) is 194 Å². The van der Waals surface area contributed by atoms with Crippen LogP contribution in [0.25, 0.3) is 0 Å². The maximum Gasteiger partial charge on any atom is 0.155 e. The van der Waals surface area contributed by atoms with E-state index in [1.165, 1.54) is 141 Å². The van der Waals surface area contributed by atoms with Gasteiger partial charge in [0.25, 0.3) is 0 Å². The predicted molar refractivity (Wildman–Crippen MR) is 171 cm³/mol. The van der Waals surface area contributed by atoms with Gasteiger partial charge in [0.1, 0.15) is 6.10 Å². The van der Waals surface area contributed by atoms with Crippen LogP contribution in [-0.4, -0.2) is 47.2 Å². The highest BCUT2D eigenvalue weighted by atomic mass is 16.6. The Bertz CT molecular complexity index is 461. The fourth-order valence-electron chi connectivity index (χ4n) is 5.40. The van der Waals surface area contributed by atoms with Gasteiger partial charge in [-0.05, 0) is 25.7 Å². The molecule has 5 heteroatoms. The van der Waals surface area contributed by atoms with E-state index in [0.29, 0.717) is 12.8 Å². The molecule has 5 nitrogen and oxygen atoms in total. The van der Waals surface area contributed by atoms with Crippen molar-refractivity contribution in [3.8, 4) is 0 Å². The minimum absolute atomic E-state index is 0.103. The quantitative estimate of drug-likeness (QED) is 0.0528. The Kier molecular flexibility index (Phi) is 33.1. The zero-order valence-electron chi connectivity index (χ0n) is 27.1. The molecule has 0 aliphatic carbocycles. The molecule has 3 unspecified atom stereocenters. The molecular formula is C35H72O5.